The third kappa shape index (κ3) is 2.43. The van der Waals surface area contributed by atoms with E-state index in [1.165, 1.54) is 6.20 Å². The minimum atomic E-state index is 0.00672. The first-order valence-electron chi connectivity index (χ1n) is 5.24. The Bertz CT molecular complexity index is 392. The number of anilines is 2. The van der Waals surface area contributed by atoms with E-state index in [-0.39, 0.29) is 18.2 Å². The van der Waals surface area contributed by atoms with E-state index >= 15 is 0 Å². The first-order chi connectivity index (χ1) is 8.15. The molecule has 2 heterocycles. The van der Waals surface area contributed by atoms with Crippen LogP contribution in [0.2, 0.25) is 5.02 Å². The van der Waals surface area contributed by atoms with Crippen LogP contribution in [-0.4, -0.2) is 49.5 Å². The van der Waals surface area contributed by atoms with E-state index < -0.39 is 0 Å². The van der Waals surface area contributed by atoms with Crippen LogP contribution < -0.4 is 10.6 Å². The quantitative estimate of drug-likeness (QED) is 0.854. The first-order valence-corrected chi connectivity index (χ1v) is 5.62. The van der Waals surface area contributed by atoms with Crippen LogP contribution in [0.15, 0.2) is 6.20 Å². The first kappa shape index (κ1) is 12.3. The standard InChI is InChI=1S/C10H15ClN4O2/c1-16-7-4-15(5-8(7)17-2)9-6(11)3-13-10(12)14-9/h3,7-8H,4-5H2,1-2H3,(H2,12,13,14). The molecule has 1 saturated heterocycles. The minimum Gasteiger partial charge on any atom is -0.377 e. The number of nitrogens with two attached hydrogens (primary N) is 1. The molecule has 1 aliphatic heterocycles. The van der Waals surface area contributed by atoms with Gasteiger partial charge in [-0.2, -0.15) is 4.98 Å². The second kappa shape index (κ2) is 5.03. The SMILES string of the molecule is COC1CN(c2nc(N)ncc2Cl)CC1OC. The molecule has 0 saturated carbocycles. The van der Waals surface area contributed by atoms with Crippen molar-refractivity contribution in [3.05, 3.63) is 11.2 Å². The second-order valence-electron chi connectivity index (χ2n) is 3.85. The van der Waals surface area contributed by atoms with Gasteiger partial charge in [0.05, 0.1) is 6.20 Å². The Hall–Kier alpha value is -1.11. The maximum absolute atomic E-state index is 6.05. The molecular formula is C10H15ClN4O2. The molecule has 6 nitrogen and oxygen atoms in total. The lowest BCUT2D eigenvalue weighted by molar-refractivity contribution is -0.00461. The molecule has 7 heteroatoms. The van der Waals surface area contributed by atoms with E-state index in [1.54, 1.807) is 14.2 Å². The van der Waals surface area contributed by atoms with Crippen LogP contribution in [0.1, 0.15) is 0 Å². The maximum atomic E-state index is 6.05. The largest absolute Gasteiger partial charge is 0.377 e. The summed E-state index contributed by atoms with van der Waals surface area (Å²) in [5.41, 5.74) is 5.56. The Morgan fingerprint density at radius 2 is 1.94 bits per heavy atom. The Morgan fingerprint density at radius 3 is 2.47 bits per heavy atom. The molecule has 2 atom stereocenters. The third-order valence-corrected chi connectivity index (χ3v) is 3.13. The van der Waals surface area contributed by atoms with Gasteiger partial charge in [0.15, 0.2) is 5.82 Å². The number of hydrogen-bond donors (Lipinski definition) is 1. The van der Waals surface area contributed by atoms with Crippen molar-refractivity contribution in [1.82, 2.24) is 9.97 Å². The Kier molecular flexibility index (Phi) is 3.66. The zero-order valence-electron chi connectivity index (χ0n) is 9.76. The van der Waals surface area contributed by atoms with Crippen LogP contribution in [-0.2, 0) is 9.47 Å². The van der Waals surface area contributed by atoms with Crippen molar-refractivity contribution in [1.29, 1.82) is 0 Å². The number of hydrogen-bond acceptors (Lipinski definition) is 6. The van der Waals surface area contributed by atoms with E-state index in [0.29, 0.717) is 23.9 Å². The number of nitrogen functional groups attached to an aromatic ring is 1. The summed E-state index contributed by atoms with van der Waals surface area (Å²) in [4.78, 5) is 9.97. The fraction of sp³-hybridized carbons (Fsp3) is 0.600. The molecule has 0 aromatic carbocycles. The maximum Gasteiger partial charge on any atom is 0.222 e. The van der Waals surface area contributed by atoms with Crippen molar-refractivity contribution in [2.75, 3.05) is 37.9 Å². The average molecular weight is 259 g/mol. The van der Waals surface area contributed by atoms with Crippen LogP contribution in [0.4, 0.5) is 11.8 Å². The molecule has 1 aromatic heterocycles. The number of ether oxygens (including phenoxy) is 2. The lowest BCUT2D eigenvalue weighted by atomic mass is 10.3. The highest BCUT2D eigenvalue weighted by atomic mass is 35.5. The predicted molar refractivity (Wildman–Crippen MR) is 65.3 cm³/mol. The van der Waals surface area contributed by atoms with Gasteiger partial charge < -0.3 is 20.1 Å². The smallest absolute Gasteiger partial charge is 0.222 e. The second-order valence-corrected chi connectivity index (χ2v) is 4.26. The van der Waals surface area contributed by atoms with E-state index in [2.05, 4.69) is 9.97 Å². The number of nitrogens with zero attached hydrogens (tertiary/aromatic N) is 3. The van der Waals surface area contributed by atoms with Gasteiger partial charge in [0.2, 0.25) is 5.95 Å². The molecule has 0 amide bonds. The molecule has 0 radical (unpaired) electrons. The predicted octanol–water partition coefficient (Wildman–Crippen LogP) is 0.562. The summed E-state index contributed by atoms with van der Waals surface area (Å²) in [6.07, 6.45) is 1.51. The molecule has 0 bridgehead atoms. The van der Waals surface area contributed by atoms with Crippen LogP contribution in [0.25, 0.3) is 0 Å². The molecule has 1 fully saturated rings. The van der Waals surface area contributed by atoms with Crippen molar-refractivity contribution >= 4 is 23.4 Å². The molecule has 1 aromatic rings. The van der Waals surface area contributed by atoms with Gasteiger partial charge in [0.1, 0.15) is 17.2 Å². The summed E-state index contributed by atoms with van der Waals surface area (Å²) >= 11 is 6.05. The van der Waals surface area contributed by atoms with Crippen molar-refractivity contribution < 1.29 is 9.47 Å². The van der Waals surface area contributed by atoms with Crippen LogP contribution in [0, 0.1) is 0 Å². The number of aromatic nitrogens is 2. The molecule has 2 unspecified atom stereocenters. The van der Waals surface area contributed by atoms with Gasteiger partial charge in [-0.15, -0.1) is 0 Å². The number of rotatable bonds is 3. The third-order valence-electron chi connectivity index (χ3n) is 2.86. The van der Waals surface area contributed by atoms with Crippen molar-refractivity contribution in [2.45, 2.75) is 12.2 Å². The van der Waals surface area contributed by atoms with Gasteiger partial charge in [0.25, 0.3) is 0 Å². The Morgan fingerprint density at radius 1 is 1.35 bits per heavy atom. The molecule has 0 spiro atoms. The summed E-state index contributed by atoms with van der Waals surface area (Å²) in [7, 11) is 3.33. The molecule has 1 aliphatic rings. The van der Waals surface area contributed by atoms with Gasteiger partial charge in [-0.05, 0) is 0 Å². The topological polar surface area (TPSA) is 73.5 Å². The lowest BCUT2D eigenvalue weighted by Crippen LogP contribution is -2.27. The minimum absolute atomic E-state index is 0.00672. The average Bonchev–Trinajstić information content (AvgIpc) is 2.75. The van der Waals surface area contributed by atoms with Crippen molar-refractivity contribution in [3.8, 4) is 0 Å². The van der Waals surface area contributed by atoms with Crippen LogP contribution in [0.5, 0.6) is 0 Å². The normalized spacial score (nSPS) is 24.3. The molecule has 2 N–H and O–H groups in total. The van der Waals surface area contributed by atoms with Crippen molar-refractivity contribution in [3.63, 3.8) is 0 Å². The fourth-order valence-corrected chi connectivity index (χ4v) is 2.17. The van der Waals surface area contributed by atoms with E-state index in [9.17, 15) is 0 Å². The fourth-order valence-electron chi connectivity index (χ4n) is 1.96. The highest BCUT2D eigenvalue weighted by Crippen LogP contribution is 2.28. The zero-order chi connectivity index (χ0) is 12.4. The lowest BCUT2D eigenvalue weighted by Gasteiger charge is -2.17. The summed E-state index contributed by atoms with van der Waals surface area (Å²) in [5.74, 6) is 0.833. The summed E-state index contributed by atoms with van der Waals surface area (Å²) in [5, 5.41) is 0.478. The van der Waals surface area contributed by atoms with Crippen molar-refractivity contribution in [2.24, 2.45) is 0 Å². The van der Waals surface area contributed by atoms with E-state index in [0.717, 1.165) is 0 Å². The number of halogens is 1. The Labute approximate surface area is 105 Å². The van der Waals surface area contributed by atoms with Crippen LogP contribution in [0.3, 0.4) is 0 Å². The van der Waals surface area contributed by atoms with Gasteiger partial charge in [-0.1, -0.05) is 11.6 Å². The highest BCUT2D eigenvalue weighted by Gasteiger charge is 2.34. The molecule has 0 aliphatic carbocycles. The summed E-state index contributed by atoms with van der Waals surface area (Å²) in [6, 6.07) is 0. The highest BCUT2D eigenvalue weighted by molar-refractivity contribution is 6.32. The van der Waals surface area contributed by atoms with Gasteiger partial charge in [-0.25, -0.2) is 4.98 Å². The molecule has 17 heavy (non-hydrogen) atoms. The summed E-state index contributed by atoms with van der Waals surface area (Å²) < 4.78 is 10.7. The summed E-state index contributed by atoms with van der Waals surface area (Å²) in [6.45, 7) is 1.34. The molecular weight excluding hydrogens is 244 g/mol. The van der Waals surface area contributed by atoms with E-state index in [4.69, 9.17) is 26.8 Å². The van der Waals surface area contributed by atoms with Crippen LogP contribution >= 0.6 is 11.6 Å². The number of methoxy groups -OCH3 is 2. The van der Waals surface area contributed by atoms with E-state index in [1.807, 2.05) is 4.90 Å². The zero-order valence-corrected chi connectivity index (χ0v) is 10.5. The van der Waals surface area contributed by atoms with Gasteiger partial charge >= 0.3 is 0 Å². The Balaban J connectivity index is 2.21. The van der Waals surface area contributed by atoms with Gasteiger partial charge in [0, 0.05) is 27.3 Å². The monoisotopic (exact) mass is 258 g/mol. The molecule has 94 valence electrons. The van der Waals surface area contributed by atoms with Gasteiger partial charge in [-0.3, -0.25) is 0 Å². The molecule has 2 rings (SSSR count).